The molecule has 0 saturated carbocycles. The number of esters is 2. The second kappa shape index (κ2) is 9.43. The number of carbonyl (C=O) groups is 2. The number of methoxy groups -OCH3 is 2. The molecule has 0 atom stereocenters. The fourth-order valence-electron chi connectivity index (χ4n) is 2.26. The summed E-state index contributed by atoms with van der Waals surface area (Å²) in [6, 6.07) is 10.7. The van der Waals surface area contributed by atoms with Crippen molar-refractivity contribution < 1.29 is 28.5 Å². The van der Waals surface area contributed by atoms with E-state index in [0.29, 0.717) is 17.1 Å². The molecule has 0 aliphatic carbocycles. The Labute approximate surface area is 158 Å². The molecule has 0 heterocycles. The van der Waals surface area contributed by atoms with E-state index in [1.54, 1.807) is 24.3 Å². The molecule has 0 bridgehead atoms. The van der Waals surface area contributed by atoms with E-state index in [1.807, 2.05) is 32.0 Å². The van der Waals surface area contributed by atoms with Crippen LogP contribution >= 0.6 is 0 Å². The average molecular weight is 370 g/mol. The van der Waals surface area contributed by atoms with Crippen molar-refractivity contribution in [3.05, 3.63) is 59.2 Å². The first-order valence-electron chi connectivity index (χ1n) is 8.27. The summed E-state index contributed by atoms with van der Waals surface area (Å²) in [5, 5.41) is 0. The maximum Gasteiger partial charge on any atom is 0.349 e. The van der Waals surface area contributed by atoms with Crippen LogP contribution in [0.1, 0.15) is 16.7 Å². The summed E-state index contributed by atoms with van der Waals surface area (Å²) in [4.78, 5) is 23.3. The first-order valence-corrected chi connectivity index (χ1v) is 8.27. The van der Waals surface area contributed by atoms with Gasteiger partial charge < -0.3 is 18.9 Å². The van der Waals surface area contributed by atoms with Crippen LogP contribution in [0.4, 0.5) is 0 Å². The largest absolute Gasteiger partial charge is 0.493 e. The van der Waals surface area contributed by atoms with E-state index < -0.39 is 11.9 Å². The third-order valence-corrected chi connectivity index (χ3v) is 3.71. The maximum atomic E-state index is 12.1. The molecule has 27 heavy (non-hydrogen) atoms. The molecule has 0 aliphatic rings. The lowest BCUT2D eigenvalue weighted by Gasteiger charge is -2.12. The highest BCUT2D eigenvalue weighted by Crippen LogP contribution is 2.29. The molecule has 0 fully saturated rings. The highest BCUT2D eigenvalue weighted by Gasteiger charge is 2.12. The fraction of sp³-hybridized carbons (Fsp3) is 0.238. The van der Waals surface area contributed by atoms with Crippen LogP contribution in [0.3, 0.4) is 0 Å². The van der Waals surface area contributed by atoms with Gasteiger partial charge in [-0.15, -0.1) is 0 Å². The molecular formula is C21H22O6. The molecule has 142 valence electrons. The number of benzene rings is 2. The number of carbonyl (C=O) groups excluding carboxylic acids is 2. The summed E-state index contributed by atoms with van der Waals surface area (Å²) < 4.78 is 20.7. The van der Waals surface area contributed by atoms with E-state index in [2.05, 4.69) is 4.74 Å². The Morgan fingerprint density at radius 1 is 0.963 bits per heavy atom. The van der Waals surface area contributed by atoms with Gasteiger partial charge in [-0.25, -0.2) is 9.59 Å². The standard InChI is InChI=1S/C21H22O6/c1-14-5-6-15(2)18(11-14)26-13-21(23)27-17-9-7-16(12-19(17)24-3)8-10-20(22)25-4/h5-12H,13H2,1-4H3/b10-8+. The summed E-state index contributed by atoms with van der Waals surface area (Å²) in [7, 11) is 2.77. The van der Waals surface area contributed by atoms with E-state index in [1.165, 1.54) is 20.3 Å². The normalized spacial score (nSPS) is 10.5. The minimum Gasteiger partial charge on any atom is -0.493 e. The van der Waals surface area contributed by atoms with E-state index in [4.69, 9.17) is 14.2 Å². The highest BCUT2D eigenvalue weighted by molar-refractivity contribution is 5.87. The fourth-order valence-corrected chi connectivity index (χ4v) is 2.26. The molecule has 0 aliphatic heterocycles. The number of hydrogen-bond acceptors (Lipinski definition) is 6. The summed E-state index contributed by atoms with van der Waals surface area (Å²) in [5.41, 5.74) is 2.68. The maximum absolute atomic E-state index is 12.1. The topological polar surface area (TPSA) is 71.1 Å². The number of aryl methyl sites for hydroxylation is 2. The van der Waals surface area contributed by atoms with Gasteiger partial charge in [-0.3, -0.25) is 0 Å². The van der Waals surface area contributed by atoms with Crippen LogP contribution in [0, 0.1) is 13.8 Å². The Hall–Kier alpha value is -3.28. The molecule has 0 saturated heterocycles. The molecular weight excluding hydrogens is 348 g/mol. The van der Waals surface area contributed by atoms with Gasteiger partial charge in [-0.05, 0) is 54.8 Å². The summed E-state index contributed by atoms with van der Waals surface area (Å²) in [5.74, 6) is 0.256. The van der Waals surface area contributed by atoms with Crippen molar-refractivity contribution in [2.75, 3.05) is 20.8 Å². The van der Waals surface area contributed by atoms with Gasteiger partial charge in [0.15, 0.2) is 18.1 Å². The lowest BCUT2D eigenvalue weighted by atomic mass is 10.1. The predicted octanol–water partition coefficient (Wildman–Crippen LogP) is 3.48. The lowest BCUT2D eigenvalue weighted by molar-refractivity contribution is -0.137. The monoisotopic (exact) mass is 370 g/mol. The molecule has 0 amide bonds. The smallest absolute Gasteiger partial charge is 0.349 e. The van der Waals surface area contributed by atoms with Gasteiger partial charge in [0.05, 0.1) is 14.2 Å². The van der Waals surface area contributed by atoms with Gasteiger partial charge >= 0.3 is 11.9 Å². The highest BCUT2D eigenvalue weighted by atomic mass is 16.6. The number of hydrogen-bond donors (Lipinski definition) is 0. The van der Waals surface area contributed by atoms with E-state index in [9.17, 15) is 9.59 Å². The lowest BCUT2D eigenvalue weighted by Crippen LogP contribution is -2.18. The van der Waals surface area contributed by atoms with Crippen LogP contribution in [0.25, 0.3) is 6.08 Å². The van der Waals surface area contributed by atoms with Gasteiger partial charge in [-0.1, -0.05) is 18.2 Å². The molecule has 2 aromatic rings. The van der Waals surface area contributed by atoms with Crippen molar-refractivity contribution in [1.29, 1.82) is 0 Å². The van der Waals surface area contributed by atoms with Crippen molar-refractivity contribution >= 4 is 18.0 Å². The minimum atomic E-state index is -0.549. The van der Waals surface area contributed by atoms with Crippen LogP contribution in [0.5, 0.6) is 17.2 Å². The quantitative estimate of drug-likeness (QED) is 0.422. The van der Waals surface area contributed by atoms with Crippen molar-refractivity contribution in [1.82, 2.24) is 0 Å². The van der Waals surface area contributed by atoms with Crippen LogP contribution < -0.4 is 14.2 Å². The zero-order valence-electron chi connectivity index (χ0n) is 15.8. The van der Waals surface area contributed by atoms with Crippen molar-refractivity contribution in [2.24, 2.45) is 0 Å². The number of ether oxygens (including phenoxy) is 4. The summed E-state index contributed by atoms with van der Waals surface area (Å²) in [6.07, 6.45) is 2.86. The zero-order chi connectivity index (χ0) is 19.8. The Morgan fingerprint density at radius 3 is 2.44 bits per heavy atom. The van der Waals surface area contributed by atoms with Gasteiger partial charge in [0.2, 0.25) is 0 Å². The van der Waals surface area contributed by atoms with Crippen LogP contribution in [-0.4, -0.2) is 32.8 Å². The third-order valence-electron chi connectivity index (χ3n) is 3.71. The Bertz CT molecular complexity index is 854. The Morgan fingerprint density at radius 2 is 1.74 bits per heavy atom. The zero-order valence-corrected chi connectivity index (χ0v) is 15.8. The van der Waals surface area contributed by atoms with Crippen molar-refractivity contribution in [3.8, 4) is 17.2 Å². The summed E-state index contributed by atoms with van der Waals surface area (Å²) in [6.45, 7) is 3.63. The minimum absolute atomic E-state index is 0.225. The second-order valence-electron chi connectivity index (χ2n) is 5.80. The predicted molar refractivity (Wildman–Crippen MR) is 101 cm³/mol. The van der Waals surface area contributed by atoms with E-state index >= 15 is 0 Å². The molecule has 0 aromatic heterocycles. The van der Waals surface area contributed by atoms with E-state index in [-0.39, 0.29) is 12.4 Å². The third kappa shape index (κ3) is 5.88. The first-order chi connectivity index (χ1) is 12.9. The summed E-state index contributed by atoms with van der Waals surface area (Å²) >= 11 is 0. The van der Waals surface area contributed by atoms with Crippen molar-refractivity contribution in [3.63, 3.8) is 0 Å². The van der Waals surface area contributed by atoms with Gasteiger partial charge in [0.25, 0.3) is 0 Å². The Balaban J connectivity index is 2.03. The van der Waals surface area contributed by atoms with Gasteiger partial charge in [0.1, 0.15) is 5.75 Å². The average Bonchev–Trinajstić information content (AvgIpc) is 2.67. The van der Waals surface area contributed by atoms with Crippen LogP contribution in [-0.2, 0) is 14.3 Å². The molecule has 2 rings (SSSR count). The molecule has 0 unspecified atom stereocenters. The van der Waals surface area contributed by atoms with Crippen molar-refractivity contribution in [2.45, 2.75) is 13.8 Å². The number of rotatable bonds is 7. The molecule has 0 radical (unpaired) electrons. The van der Waals surface area contributed by atoms with Crippen LogP contribution in [0.2, 0.25) is 0 Å². The van der Waals surface area contributed by atoms with Gasteiger partial charge in [0, 0.05) is 6.08 Å². The molecule has 2 aromatic carbocycles. The molecule has 0 N–H and O–H groups in total. The van der Waals surface area contributed by atoms with E-state index in [0.717, 1.165) is 11.1 Å². The first kappa shape index (κ1) is 20.0. The second-order valence-corrected chi connectivity index (χ2v) is 5.80. The molecule has 6 nitrogen and oxygen atoms in total. The van der Waals surface area contributed by atoms with Crippen LogP contribution in [0.15, 0.2) is 42.5 Å². The van der Waals surface area contributed by atoms with Gasteiger partial charge in [-0.2, -0.15) is 0 Å². The SMILES string of the molecule is COC(=O)/C=C/c1ccc(OC(=O)COc2cc(C)ccc2C)c(OC)c1. The Kier molecular flexibility index (Phi) is 7.00. The molecule has 0 spiro atoms. The molecule has 6 heteroatoms.